The van der Waals surface area contributed by atoms with Crippen molar-refractivity contribution < 1.29 is 64.6 Å². The van der Waals surface area contributed by atoms with Crippen LogP contribution in [0, 0.1) is 0 Å². The Morgan fingerprint density at radius 2 is 0.683 bits per heavy atom. The Morgan fingerprint density at radius 1 is 0.366 bits per heavy atom. The van der Waals surface area contributed by atoms with Gasteiger partial charge in [-0.05, 0) is 89.9 Å². The maximum atomic E-state index is 13.4. The fourth-order valence-electron chi connectivity index (χ4n) is 12.9. The number of carbonyl (C=O) groups is 1. The van der Waals surface area contributed by atoms with E-state index in [9.17, 15) is 45.6 Å². The van der Waals surface area contributed by atoms with Gasteiger partial charge in [0.05, 0.1) is 32.0 Å². The van der Waals surface area contributed by atoms with E-state index in [2.05, 4.69) is 129 Å². The van der Waals surface area contributed by atoms with Gasteiger partial charge in [0.2, 0.25) is 5.91 Å². The van der Waals surface area contributed by atoms with Crippen LogP contribution in [0.2, 0.25) is 0 Å². The van der Waals surface area contributed by atoms with Crippen LogP contribution in [0.4, 0.5) is 0 Å². The minimum absolute atomic E-state index is 0.246. The highest BCUT2D eigenvalue weighted by atomic mass is 16.7. The van der Waals surface area contributed by atoms with Crippen LogP contribution >= 0.6 is 0 Å². The molecule has 0 aromatic heterocycles. The molecular formula is C87H151NO13. The Hall–Kier alpha value is -3.61. The van der Waals surface area contributed by atoms with Gasteiger partial charge in [-0.3, -0.25) is 4.79 Å². The van der Waals surface area contributed by atoms with Crippen molar-refractivity contribution in [3.05, 3.63) is 122 Å². The molecule has 2 saturated heterocycles. The predicted molar refractivity (Wildman–Crippen MR) is 419 cm³/mol. The Morgan fingerprint density at radius 3 is 1.05 bits per heavy atom. The Balaban J connectivity index is 1.63. The van der Waals surface area contributed by atoms with Crippen molar-refractivity contribution in [3.8, 4) is 0 Å². The van der Waals surface area contributed by atoms with Crippen LogP contribution in [-0.2, 0) is 23.7 Å². The first-order valence-corrected chi connectivity index (χ1v) is 41.3. The van der Waals surface area contributed by atoms with E-state index >= 15 is 0 Å². The van der Waals surface area contributed by atoms with Gasteiger partial charge in [0.15, 0.2) is 12.6 Å². The molecule has 0 spiro atoms. The van der Waals surface area contributed by atoms with E-state index in [1.54, 1.807) is 6.08 Å². The topological polar surface area (TPSA) is 228 Å². The summed E-state index contributed by atoms with van der Waals surface area (Å²) in [4.78, 5) is 13.4. The highest BCUT2D eigenvalue weighted by molar-refractivity contribution is 5.76. The molecule has 9 N–H and O–H groups in total. The van der Waals surface area contributed by atoms with Gasteiger partial charge in [-0.25, -0.2) is 0 Å². The second-order valence-electron chi connectivity index (χ2n) is 28.5. The zero-order chi connectivity index (χ0) is 73.0. The van der Waals surface area contributed by atoms with Gasteiger partial charge in [0.1, 0.15) is 48.8 Å². The molecule has 0 bridgehead atoms. The quantitative estimate of drug-likeness (QED) is 0.0204. The van der Waals surface area contributed by atoms with Crippen LogP contribution in [0.15, 0.2) is 122 Å². The summed E-state index contributed by atoms with van der Waals surface area (Å²) in [6.07, 6.45) is 85.6. The van der Waals surface area contributed by atoms with E-state index < -0.39 is 86.8 Å². The third-order valence-corrected chi connectivity index (χ3v) is 19.4. The lowest BCUT2D eigenvalue weighted by molar-refractivity contribution is -0.359. The van der Waals surface area contributed by atoms with Gasteiger partial charge in [-0.2, -0.15) is 0 Å². The number of aliphatic hydroxyl groups excluding tert-OH is 8. The molecule has 14 nitrogen and oxygen atoms in total. The number of aliphatic hydroxyl groups is 8. The Kier molecular flexibility index (Phi) is 64.3. The molecule has 101 heavy (non-hydrogen) atoms. The van der Waals surface area contributed by atoms with Crippen molar-refractivity contribution >= 4 is 5.91 Å². The second kappa shape index (κ2) is 69.4. The minimum atomic E-state index is -1.80. The average molecular weight is 1420 g/mol. The van der Waals surface area contributed by atoms with E-state index in [4.69, 9.17) is 18.9 Å². The van der Waals surface area contributed by atoms with Crippen molar-refractivity contribution in [2.24, 2.45) is 0 Å². The van der Waals surface area contributed by atoms with Gasteiger partial charge in [0.25, 0.3) is 0 Å². The summed E-state index contributed by atoms with van der Waals surface area (Å²) in [7, 11) is 0. The molecule has 582 valence electrons. The number of amides is 1. The highest BCUT2D eigenvalue weighted by Gasteiger charge is 2.51. The lowest BCUT2D eigenvalue weighted by Gasteiger charge is -2.46. The van der Waals surface area contributed by atoms with Crippen molar-refractivity contribution in [1.29, 1.82) is 0 Å². The number of unbranched alkanes of at least 4 members (excludes halogenated alkanes) is 37. The predicted octanol–water partition coefficient (Wildman–Crippen LogP) is 19.2. The first kappa shape index (κ1) is 93.5. The zero-order valence-electron chi connectivity index (χ0n) is 63.9. The summed E-state index contributed by atoms with van der Waals surface area (Å²) in [6, 6.07) is -0.929. The smallest absolute Gasteiger partial charge is 0.220 e. The van der Waals surface area contributed by atoms with Crippen molar-refractivity contribution in [1.82, 2.24) is 5.32 Å². The minimum Gasteiger partial charge on any atom is -0.394 e. The molecule has 12 atom stereocenters. The normalized spacial score (nSPS) is 22.4. The summed E-state index contributed by atoms with van der Waals surface area (Å²) < 4.78 is 22.9. The van der Waals surface area contributed by atoms with Crippen LogP contribution in [0.25, 0.3) is 0 Å². The fraction of sp³-hybridized carbons (Fsp3) is 0.759. The van der Waals surface area contributed by atoms with E-state index in [-0.39, 0.29) is 18.9 Å². The maximum Gasteiger partial charge on any atom is 0.220 e. The van der Waals surface area contributed by atoms with E-state index in [1.165, 1.54) is 199 Å². The third kappa shape index (κ3) is 52.1. The van der Waals surface area contributed by atoms with Gasteiger partial charge >= 0.3 is 0 Å². The van der Waals surface area contributed by atoms with Gasteiger partial charge in [0, 0.05) is 6.42 Å². The maximum absolute atomic E-state index is 13.4. The molecule has 0 aliphatic carbocycles. The molecule has 2 fully saturated rings. The molecule has 12 unspecified atom stereocenters. The van der Waals surface area contributed by atoms with Crippen molar-refractivity contribution in [2.75, 3.05) is 19.8 Å². The highest BCUT2D eigenvalue weighted by Crippen LogP contribution is 2.30. The summed E-state index contributed by atoms with van der Waals surface area (Å²) in [5, 5.41) is 87.8. The first-order chi connectivity index (χ1) is 49.6. The standard InChI is InChI=1S/C87H151NO13/c1-3-5-7-9-11-13-15-17-19-21-23-25-27-29-31-33-35-36-37-38-39-40-41-43-45-47-49-51-53-55-57-59-61-63-65-67-69-71-79(92)88-75(74-98-86-84(97)82(95)85(78(73-90)100-86)101-87-83(96)81(94)80(93)77(72-89)99-87)76(91)70-68-66-64-62-60-58-56-54-52-50-48-46-44-42-34-32-30-28-26-24-22-20-18-16-14-12-10-8-6-4-2/h5,7,11,13,17,19,23,25,29,31,35-36,38-39,41,43,47,49,68,70,75-78,80-87,89-91,93-97H,3-4,6,8-10,12,14-16,18,20-22,24,26-28,30,32-34,37,40,42,44-46,48,50-67,69,71-74H2,1-2H3,(H,88,92)/b7-5-,13-11-,19-17-,25-23-,31-29-,36-35-,39-38-,43-41-,49-47-,70-68+. The molecule has 2 aliphatic rings. The lowest BCUT2D eigenvalue weighted by Crippen LogP contribution is -2.65. The number of nitrogens with one attached hydrogen (secondary N) is 1. The third-order valence-electron chi connectivity index (χ3n) is 19.4. The Labute approximate surface area is 616 Å². The molecule has 2 rings (SSSR count). The van der Waals surface area contributed by atoms with Gasteiger partial charge in [-0.15, -0.1) is 0 Å². The molecule has 14 heteroatoms. The van der Waals surface area contributed by atoms with Crippen LogP contribution < -0.4 is 5.32 Å². The van der Waals surface area contributed by atoms with Gasteiger partial charge < -0.3 is 65.1 Å². The average Bonchev–Trinajstić information content (AvgIpc) is 0.792. The number of hydrogen-bond acceptors (Lipinski definition) is 13. The number of hydrogen-bond donors (Lipinski definition) is 9. The van der Waals surface area contributed by atoms with E-state index in [0.717, 1.165) is 103 Å². The Bertz CT molecular complexity index is 2170. The fourth-order valence-corrected chi connectivity index (χ4v) is 12.9. The zero-order valence-corrected chi connectivity index (χ0v) is 63.9. The number of carbonyl (C=O) groups excluding carboxylic acids is 1. The van der Waals surface area contributed by atoms with Crippen LogP contribution in [-0.4, -0.2) is 140 Å². The van der Waals surface area contributed by atoms with Crippen LogP contribution in [0.5, 0.6) is 0 Å². The lowest BCUT2D eigenvalue weighted by atomic mass is 9.97. The molecule has 0 aromatic rings. The number of ether oxygens (including phenoxy) is 4. The van der Waals surface area contributed by atoms with Gasteiger partial charge in [-0.1, -0.05) is 354 Å². The molecular weight excluding hydrogens is 1270 g/mol. The van der Waals surface area contributed by atoms with Crippen LogP contribution in [0.1, 0.15) is 328 Å². The molecule has 2 aliphatic heterocycles. The summed E-state index contributed by atoms with van der Waals surface area (Å²) in [6.45, 7) is 2.72. The molecule has 0 radical (unpaired) electrons. The summed E-state index contributed by atoms with van der Waals surface area (Å²) in [5.41, 5.74) is 0. The first-order valence-electron chi connectivity index (χ1n) is 41.3. The van der Waals surface area contributed by atoms with Crippen molar-refractivity contribution in [2.45, 2.75) is 402 Å². The molecule has 0 aromatic carbocycles. The number of rotatable bonds is 68. The van der Waals surface area contributed by atoms with E-state index in [1.807, 2.05) is 6.08 Å². The number of allylic oxidation sites excluding steroid dienone is 19. The molecule has 0 saturated carbocycles. The largest absolute Gasteiger partial charge is 0.394 e. The van der Waals surface area contributed by atoms with Crippen LogP contribution in [0.3, 0.4) is 0 Å². The second-order valence-corrected chi connectivity index (χ2v) is 28.5. The molecule has 1 amide bonds. The van der Waals surface area contributed by atoms with Crippen molar-refractivity contribution in [3.63, 3.8) is 0 Å². The van der Waals surface area contributed by atoms with E-state index in [0.29, 0.717) is 6.42 Å². The monoisotopic (exact) mass is 1420 g/mol. The summed E-state index contributed by atoms with van der Waals surface area (Å²) in [5.74, 6) is -0.246. The SMILES string of the molecule is CC/C=C\C/C=C\C/C=C\C/C=C\C/C=C\C/C=C\C/C=C\C/C=C\C/C=C\CCCCCCCCCCCC(=O)NC(COC1OC(CO)C(OC2OC(CO)C(O)C(O)C2O)C(O)C1O)C(O)/C=C/CCCCCCCCCCCCCCCCCCCCCCCCCCCCCC. The summed E-state index contributed by atoms with van der Waals surface area (Å²) >= 11 is 0. The molecule has 2 heterocycles.